The maximum Gasteiger partial charge on any atom is 0.494 e. The molecule has 0 unspecified atom stereocenters. The van der Waals surface area contributed by atoms with E-state index in [9.17, 15) is 0 Å². The first-order valence-corrected chi connectivity index (χ1v) is 11.9. The highest BCUT2D eigenvalue weighted by atomic mass is 16.7. The largest absolute Gasteiger partial charge is 0.494 e. The molecule has 0 spiro atoms. The molecule has 0 bridgehead atoms. The normalized spacial score (nSPS) is 17.0. The second-order valence-electron chi connectivity index (χ2n) is 10.1. The zero-order valence-corrected chi connectivity index (χ0v) is 20.1. The molecule has 0 amide bonds. The van der Waals surface area contributed by atoms with Crippen molar-refractivity contribution in [3.63, 3.8) is 0 Å². The van der Waals surface area contributed by atoms with Gasteiger partial charge in [0.2, 0.25) is 0 Å². The Kier molecular flexibility index (Phi) is 4.74. The van der Waals surface area contributed by atoms with Gasteiger partial charge in [-0.2, -0.15) is 0 Å². The fourth-order valence-electron chi connectivity index (χ4n) is 4.85. The molecule has 0 N–H and O–H groups in total. The van der Waals surface area contributed by atoms with E-state index < -0.39 is 0 Å². The fraction of sp³-hybridized carbons (Fsp3) is 0.200. The molecule has 5 aromatic rings. The molecule has 1 aromatic heterocycles. The van der Waals surface area contributed by atoms with Gasteiger partial charge in [0.05, 0.1) is 22.2 Å². The third-order valence-electron chi connectivity index (χ3n) is 7.43. The summed E-state index contributed by atoms with van der Waals surface area (Å²) >= 11 is 0. The summed E-state index contributed by atoms with van der Waals surface area (Å²) in [4.78, 5) is 0. The van der Waals surface area contributed by atoms with E-state index in [1.165, 1.54) is 32.9 Å². The van der Waals surface area contributed by atoms with Gasteiger partial charge in [0.1, 0.15) is 0 Å². The van der Waals surface area contributed by atoms with E-state index in [0.717, 1.165) is 11.2 Å². The second kappa shape index (κ2) is 7.59. The lowest BCUT2D eigenvalue weighted by atomic mass is 9.79. The summed E-state index contributed by atoms with van der Waals surface area (Å²) in [5.74, 6) is 0. The molecule has 0 radical (unpaired) electrons. The quantitative estimate of drug-likeness (QED) is 0.287. The van der Waals surface area contributed by atoms with Crippen LogP contribution in [0.4, 0.5) is 0 Å². The van der Waals surface area contributed by atoms with Crippen LogP contribution in [-0.4, -0.2) is 22.9 Å². The van der Waals surface area contributed by atoms with Gasteiger partial charge in [-0.05, 0) is 74.6 Å². The Labute approximate surface area is 201 Å². The first-order chi connectivity index (χ1) is 16.3. The van der Waals surface area contributed by atoms with Gasteiger partial charge in [0.25, 0.3) is 0 Å². The van der Waals surface area contributed by atoms with Crippen molar-refractivity contribution >= 4 is 34.4 Å². The van der Waals surface area contributed by atoms with Crippen LogP contribution in [0.1, 0.15) is 27.7 Å². The number of rotatable bonds is 3. The van der Waals surface area contributed by atoms with E-state index in [4.69, 9.17) is 9.31 Å². The summed E-state index contributed by atoms with van der Waals surface area (Å²) in [5, 5.41) is 2.49. The highest BCUT2D eigenvalue weighted by molar-refractivity contribution is 6.62. The van der Waals surface area contributed by atoms with Crippen molar-refractivity contribution in [2.75, 3.05) is 0 Å². The third kappa shape index (κ3) is 3.29. The van der Waals surface area contributed by atoms with Gasteiger partial charge in [-0.25, -0.2) is 0 Å². The van der Waals surface area contributed by atoms with Crippen LogP contribution in [0.3, 0.4) is 0 Å². The van der Waals surface area contributed by atoms with Crippen molar-refractivity contribution in [2.45, 2.75) is 38.9 Å². The predicted molar refractivity (Wildman–Crippen MR) is 142 cm³/mol. The molecule has 34 heavy (non-hydrogen) atoms. The molecule has 4 aromatic carbocycles. The third-order valence-corrected chi connectivity index (χ3v) is 7.43. The number of nitrogens with zero attached hydrogens (tertiary/aromatic N) is 1. The van der Waals surface area contributed by atoms with Crippen molar-refractivity contribution in [3.05, 3.63) is 97.1 Å². The predicted octanol–water partition coefficient (Wildman–Crippen LogP) is 6.75. The monoisotopic (exact) mass is 445 g/mol. The molecule has 0 atom stereocenters. The molecule has 1 aliphatic heterocycles. The summed E-state index contributed by atoms with van der Waals surface area (Å²) in [7, 11) is -0.386. The van der Waals surface area contributed by atoms with Crippen molar-refractivity contribution in [2.24, 2.45) is 0 Å². The summed E-state index contributed by atoms with van der Waals surface area (Å²) in [5.41, 5.74) is 6.23. The Balaban J connectivity index is 1.51. The van der Waals surface area contributed by atoms with Crippen LogP contribution >= 0.6 is 0 Å². The van der Waals surface area contributed by atoms with Gasteiger partial charge >= 0.3 is 7.12 Å². The first kappa shape index (κ1) is 21.2. The number of aromatic nitrogens is 1. The topological polar surface area (TPSA) is 23.4 Å². The van der Waals surface area contributed by atoms with Crippen molar-refractivity contribution in [1.29, 1.82) is 0 Å². The molecule has 3 nitrogen and oxygen atoms in total. The van der Waals surface area contributed by atoms with Crippen molar-refractivity contribution in [3.8, 4) is 16.8 Å². The zero-order chi connectivity index (χ0) is 23.5. The van der Waals surface area contributed by atoms with Crippen LogP contribution in [0.2, 0.25) is 0 Å². The van der Waals surface area contributed by atoms with Gasteiger partial charge in [-0.1, -0.05) is 66.7 Å². The molecule has 1 aliphatic rings. The Hall–Kier alpha value is -3.34. The van der Waals surface area contributed by atoms with Crippen LogP contribution in [0.25, 0.3) is 38.6 Å². The molecule has 0 saturated carbocycles. The minimum Gasteiger partial charge on any atom is -0.399 e. The molecule has 0 aliphatic carbocycles. The van der Waals surface area contributed by atoms with Gasteiger partial charge in [-0.15, -0.1) is 0 Å². The van der Waals surface area contributed by atoms with E-state index in [-0.39, 0.29) is 18.3 Å². The molecule has 1 fully saturated rings. The Morgan fingerprint density at radius 1 is 0.588 bits per heavy atom. The molecule has 4 heteroatoms. The zero-order valence-electron chi connectivity index (χ0n) is 20.1. The lowest BCUT2D eigenvalue weighted by Crippen LogP contribution is -2.41. The van der Waals surface area contributed by atoms with E-state index in [2.05, 4.69) is 129 Å². The first-order valence-electron chi connectivity index (χ1n) is 11.9. The van der Waals surface area contributed by atoms with E-state index in [1.807, 2.05) is 0 Å². The maximum absolute atomic E-state index is 6.33. The van der Waals surface area contributed by atoms with Crippen molar-refractivity contribution < 1.29 is 9.31 Å². The van der Waals surface area contributed by atoms with E-state index in [0.29, 0.717) is 0 Å². The van der Waals surface area contributed by atoms with E-state index in [1.54, 1.807) is 0 Å². The molecule has 2 heterocycles. The van der Waals surface area contributed by atoms with Crippen LogP contribution in [0, 0.1) is 0 Å². The molecular formula is C30H28BNO2. The second-order valence-corrected chi connectivity index (χ2v) is 10.1. The summed E-state index contributed by atoms with van der Waals surface area (Å²) in [6.07, 6.45) is 0. The molecular weight excluding hydrogens is 417 g/mol. The number of hydrogen-bond donors (Lipinski definition) is 0. The van der Waals surface area contributed by atoms with E-state index >= 15 is 0 Å². The lowest BCUT2D eigenvalue weighted by molar-refractivity contribution is 0.00578. The SMILES string of the molecule is CC1(C)OB(c2cccc(-n3c4ccccc4c4cc(-c5ccccc5)ccc43)c2)OC1(C)C. The average Bonchev–Trinajstić information content (AvgIpc) is 3.29. The number of hydrogen-bond acceptors (Lipinski definition) is 2. The summed E-state index contributed by atoms with van der Waals surface area (Å²) in [6.45, 7) is 8.37. The van der Waals surface area contributed by atoms with Crippen LogP contribution in [0.15, 0.2) is 97.1 Å². The number of fused-ring (bicyclic) bond motifs is 3. The Bertz CT molecular complexity index is 1500. The number of benzene rings is 4. The van der Waals surface area contributed by atoms with Gasteiger partial charge < -0.3 is 13.9 Å². The minimum atomic E-state index is -0.386. The molecule has 6 rings (SSSR count). The van der Waals surface area contributed by atoms with Crippen LogP contribution < -0.4 is 5.46 Å². The van der Waals surface area contributed by atoms with Crippen molar-refractivity contribution in [1.82, 2.24) is 4.57 Å². The van der Waals surface area contributed by atoms with Crippen LogP contribution in [0.5, 0.6) is 0 Å². The highest BCUT2D eigenvalue weighted by Crippen LogP contribution is 2.37. The molecule has 168 valence electrons. The minimum absolute atomic E-state index is 0.367. The smallest absolute Gasteiger partial charge is 0.399 e. The highest BCUT2D eigenvalue weighted by Gasteiger charge is 2.51. The summed E-state index contributed by atoms with van der Waals surface area (Å²) < 4.78 is 15.0. The Morgan fingerprint density at radius 3 is 2.03 bits per heavy atom. The maximum atomic E-state index is 6.33. The van der Waals surface area contributed by atoms with Gasteiger partial charge in [0.15, 0.2) is 0 Å². The molecule has 1 saturated heterocycles. The number of para-hydroxylation sites is 1. The lowest BCUT2D eigenvalue weighted by Gasteiger charge is -2.32. The fourth-order valence-corrected chi connectivity index (χ4v) is 4.85. The standard InChI is InChI=1S/C30H28BNO2/c1-29(2)30(3,4)34-31(33-29)23-13-10-14-24(20-23)32-27-16-9-8-15-25(27)26-19-22(17-18-28(26)32)21-11-6-5-7-12-21/h5-20H,1-4H3. The summed E-state index contributed by atoms with van der Waals surface area (Å²) in [6, 6.07) is 34.5. The Morgan fingerprint density at radius 2 is 1.26 bits per heavy atom. The van der Waals surface area contributed by atoms with Crippen LogP contribution in [-0.2, 0) is 9.31 Å². The van der Waals surface area contributed by atoms with Gasteiger partial charge in [-0.3, -0.25) is 0 Å². The average molecular weight is 445 g/mol. The van der Waals surface area contributed by atoms with Gasteiger partial charge in [0, 0.05) is 16.5 Å².